The number of nitrogens with zero attached hydrogens (tertiary/aromatic N) is 2. The summed E-state index contributed by atoms with van der Waals surface area (Å²) in [6.45, 7) is 4.13. The molecule has 1 aromatic heterocycles. The Morgan fingerprint density at radius 1 is 1.17 bits per heavy atom. The van der Waals surface area contributed by atoms with Gasteiger partial charge in [0.2, 0.25) is 5.91 Å². The lowest BCUT2D eigenvalue weighted by Crippen LogP contribution is -2.58. The first-order valence-corrected chi connectivity index (χ1v) is 10.8. The summed E-state index contributed by atoms with van der Waals surface area (Å²) in [5.41, 5.74) is 7.71. The van der Waals surface area contributed by atoms with Crippen LogP contribution >= 0.6 is 0 Å². The second-order valence-corrected chi connectivity index (χ2v) is 8.62. The fraction of sp³-hybridized carbons (Fsp3) is 0.609. The molecule has 0 bridgehead atoms. The summed E-state index contributed by atoms with van der Waals surface area (Å²) >= 11 is 0. The Hall–Kier alpha value is -2.55. The molecule has 2 fully saturated rings. The summed E-state index contributed by atoms with van der Waals surface area (Å²) in [6.07, 6.45) is 11.6. The average molecular weight is 397 g/mol. The minimum absolute atomic E-state index is 0.0140. The first-order valence-electron chi connectivity index (χ1n) is 10.8. The van der Waals surface area contributed by atoms with Crippen molar-refractivity contribution < 1.29 is 9.59 Å². The van der Waals surface area contributed by atoms with E-state index in [0.717, 1.165) is 36.2 Å². The van der Waals surface area contributed by atoms with E-state index in [1.807, 2.05) is 19.1 Å². The van der Waals surface area contributed by atoms with Gasteiger partial charge in [-0.1, -0.05) is 38.5 Å². The molecule has 2 saturated carbocycles. The van der Waals surface area contributed by atoms with Crippen molar-refractivity contribution in [3.8, 4) is 6.07 Å². The highest BCUT2D eigenvalue weighted by molar-refractivity contribution is 6.04. The molecule has 0 saturated heterocycles. The van der Waals surface area contributed by atoms with E-state index in [9.17, 15) is 14.9 Å². The van der Waals surface area contributed by atoms with Gasteiger partial charge in [0, 0.05) is 17.4 Å². The number of carbonyl (C=O) groups excluding carboxylic acids is 2. The number of hydrogen-bond acceptors (Lipinski definition) is 3. The molecule has 0 spiro atoms. The Labute approximate surface area is 173 Å². The van der Waals surface area contributed by atoms with Gasteiger partial charge < -0.3 is 15.6 Å². The van der Waals surface area contributed by atoms with Crippen molar-refractivity contribution in [3.05, 3.63) is 28.6 Å². The Bertz CT molecular complexity index is 847. The molecule has 6 heteroatoms. The van der Waals surface area contributed by atoms with Crippen LogP contribution in [0.5, 0.6) is 0 Å². The minimum Gasteiger partial charge on any atom is -0.368 e. The van der Waals surface area contributed by atoms with Gasteiger partial charge >= 0.3 is 0 Å². The molecule has 0 aliphatic heterocycles. The van der Waals surface area contributed by atoms with Crippen molar-refractivity contribution in [1.29, 1.82) is 5.26 Å². The molecule has 3 rings (SSSR count). The van der Waals surface area contributed by atoms with Crippen molar-refractivity contribution >= 4 is 17.9 Å². The van der Waals surface area contributed by atoms with E-state index >= 15 is 0 Å². The van der Waals surface area contributed by atoms with Gasteiger partial charge in [-0.25, -0.2) is 0 Å². The van der Waals surface area contributed by atoms with Crippen LogP contribution in [-0.4, -0.2) is 21.9 Å². The van der Waals surface area contributed by atoms with Crippen molar-refractivity contribution in [2.24, 2.45) is 5.73 Å². The molecule has 2 aliphatic rings. The highest BCUT2D eigenvalue weighted by Crippen LogP contribution is 2.33. The molecule has 2 amide bonds. The van der Waals surface area contributed by atoms with Gasteiger partial charge in [0.1, 0.15) is 17.2 Å². The summed E-state index contributed by atoms with van der Waals surface area (Å²) in [5, 5.41) is 12.4. The van der Waals surface area contributed by atoms with Gasteiger partial charge in [-0.3, -0.25) is 9.59 Å². The van der Waals surface area contributed by atoms with Crippen LogP contribution in [-0.2, 0) is 9.59 Å². The van der Waals surface area contributed by atoms with E-state index < -0.39 is 17.4 Å². The molecule has 0 aromatic carbocycles. The maximum Gasteiger partial charge on any atom is 0.262 e. The Morgan fingerprint density at radius 2 is 1.79 bits per heavy atom. The van der Waals surface area contributed by atoms with E-state index in [0.29, 0.717) is 18.9 Å². The number of rotatable bonds is 5. The Morgan fingerprint density at radius 3 is 2.38 bits per heavy atom. The van der Waals surface area contributed by atoms with Crippen molar-refractivity contribution in [2.75, 3.05) is 0 Å². The minimum atomic E-state index is -1.04. The summed E-state index contributed by atoms with van der Waals surface area (Å²) < 4.78 is 2.35. The second kappa shape index (κ2) is 8.86. The number of nitriles is 1. The number of aryl methyl sites for hydroxylation is 1. The lowest BCUT2D eigenvalue weighted by Gasteiger charge is -2.34. The fourth-order valence-electron chi connectivity index (χ4n) is 5.03. The largest absolute Gasteiger partial charge is 0.368 e. The second-order valence-electron chi connectivity index (χ2n) is 8.62. The SMILES string of the molecule is Cc1cc(/C=C(/C#N)C(=O)NC2(C(N)=O)CCCCC2)c(C)n1C1CCCCC1. The average Bonchev–Trinajstić information content (AvgIpc) is 3.00. The number of primary amides is 1. The van der Waals surface area contributed by atoms with Gasteiger partial charge in [-0.2, -0.15) is 5.26 Å². The van der Waals surface area contributed by atoms with E-state index in [4.69, 9.17) is 5.73 Å². The zero-order chi connectivity index (χ0) is 21.0. The zero-order valence-electron chi connectivity index (χ0n) is 17.6. The predicted octanol–water partition coefficient (Wildman–Crippen LogP) is 3.82. The van der Waals surface area contributed by atoms with Crippen LogP contribution in [0.15, 0.2) is 11.6 Å². The van der Waals surface area contributed by atoms with Gasteiger partial charge in [-0.15, -0.1) is 0 Å². The fourth-order valence-corrected chi connectivity index (χ4v) is 5.03. The molecule has 29 heavy (non-hydrogen) atoms. The summed E-state index contributed by atoms with van der Waals surface area (Å²) in [7, 11) is 0. The zero-order valence-corrected chi connectivity index (χ0v) is 17.6. The van der Waals surface area contributed by atoms with E-state index in [1.54, 1.807) is 6.08 Å². The first kappa shape index (κ1) is 21.2. The highest BCUT2D eigenvalue weighted by atomic mass is 16.2. The number of aromatic nitrogens is 1. The quantitative estimate of drug-likeness (QED) is 0.584. The van der Waals surface area contributed by atoms with Crippen LogP contribution in [0, 0.1) is 25.2 Å². The lowest BCUT2D eigenvalue weighted by atomic mass is 9.81. The molecule has 0 unspecified atom stereocenters. The van der Waals surface area contributed by atoms with Crippen molar-refractivity contribution in [3.63, 3.8) is 0 Å². The van der Waals surface area contributed by atoms with Crippen LogP contribution in [0.2, 0.25) is 0 Å². The van der Waals surface area contributed by atoms with Gasteiger partial charge in [0.25, 0.3) is 5.91 Å². The smallest absolute Gasteiger partial charge is 0.262 e. The highest BCUT2D eigenvalue weighted by Gasteiger charge is 2.39. The third-order valence-corrected chi connectivity index (χ3v) is 6.66. The number of nitrogens with one attached hydrogen (secondary N) is 1. The third-order valence-electron chi connectivity index (χ3n) is 6.66. The van der Waals surface area contributed by atoms with Crippen LogP contribution in [0.3, 0.4) is 0 Å². The van der Waals surface area contributed by atoms with Crippen molar-refractivity contribution in [1.82, 2.24) is 9.88 Å². The number of amides is 2. The molecule has 6 nitrogen and oxygen atoms in total. The van der Waals surface area contributed by atoms with E-state index in [1.165, 1.54) is 32.1 Å². The van der Waals surface area contributed by atoms with Gasteiger partial charge in [0.15, 0.2) is 0 Å². The molecule has 0 radical (unpaired) electrons. The van der Waals surface area contributed by atoms with Crippen LogP contribution in [0.25, 0.3) is 6.08 Å². The van der Waals surface area contributed by atoms with Gasteiger partial charge in [0.05, 0.1) is 0 Å². The van der Waals surface area contributed by atoms with Crippen LogP contribution in [0.1, 0.15) is 87.2 Å². The molecule has 2 aliphatic carbocycles. The molecular formula is C23H32N4O2. The lowest BCUT2D eigenvalue weighted by molar-refractivity contribution is -0.131. The first-order chi connectivity index (χ1) is 13.9. The number of nitrogens with two attached hydrogens (primary N) is 1. The standard InChI is InChI=1S/C23H32N4O2/c1-16-13-18(17(2)27(16)20-9-5-3-6-10-20)14-19(15-24)21(28)26-23(22(25)29)11-7-4-8-12-23/h13-14,20H,3-12H2,1-2H3,(H2,25,29)(H,26,28)/b19-14-. The van der Waals surface area contributed by atoms with E-state index in [-0.39, 0.29) is 5.57 Å². The van der Waals surface area contributed by atoms with Crippen LogP contribution in [0.4, 0.5) is 0 Å². The summed E-state index contributed by atoms with van der Waals surface area (Å²) in [6, 6.07) is 4.55. The molecular weight excluding hydrogens is 364 g/mol. The molecule has 0 atom stereocenters. The topological polar surface area (TPSA) is 101 Å². The van der Waals surface area contributed by atoms with Gasteiger partial charge in [-0.05, 0) is 57.2 Å². The predicted molar refractivity (Wildman–Crippen MR) is 113 cm³/mol. The van der Waals surface area contributed by atoms with Crippen molar-refractivity contribution in [2.45, 2.75) is 89.6 Å². The number of hydrogen-bond donors (Lipinski definition) is 2. The third kappa shape index (κ3) is 4.39. The molecule has 3 N–H and O–H groups in total. The normalized spacial score (nSPS) is 20.1. The molecule has 1 heterocycles. The van der Waals surface area contributed by atoms with Crippen LogP contribution < -0.4 is 11.1 Å². The van der Waals surface area contributed by atoms with E-state index in [2.05, 4.69) is 16.8 Å². The Balaban J connectivity index is 1.85. The summed E-state index contributed by atoms with van der Waals surface area (Å²) in [5.74, 6) is -1.03. The monoisotopic (exact) mass is 396 g/mol. The number of carbonyl (C=O) groups is 2. The maximum absolute atomic E-state index is 12.8. The Kier molecular flexibility index (Phi) is 6.46. The summed E-state index contributed by atoms with van der Waals surface area (Å²) in [4.78, 5) is 24.9. The molecule has 1 aromatic rings. The molecule has 156 valence electrons. The maximum atomic E-state index is 12.8.